The molecule has 2 aromatic carbocycles. The highest BCUT2D eigenvalue weighted by Crippen LogP contribution is 2.23. The van der Waals surface area contributed by atoms with Gasteiger partial charge in [0.1, 0.15) is 18.7 Å². The molecule has 0 saturated carbocycles. The van der Waals surface area contributed by atoms with E-state index in [1.165, 1.54) is 4.90 Å². The van der Waals surface area contributed by atoms with Crippen LogP contribution in [0.25, 0.3) is 0 Å². The third-order valence-electron chi connectivity index (χ3n) is 4.22. The molecule has 0 aromatic heterocycles. The fraction of sp³-hybridized carbons (Fsp3) is 0.368. The highest BCUT2D eigenvalue weighted by atomic mass is 16.3. The van der Waals surface area contributed by atoms with Crippen LogP contribution in [0, 0.1) is 0 Å². The van der Waals surface area contributed by atoms with Crippen LogP contribution in [0.15, 0.2) is 48.5 Å². The lowest BCUT2D eigenvalue weighted by molar-refractivity contribution is 0.0870. The summed E-state index contributed by atoms with van der Waals surface area (Å²) in [5.41, 5.74) is 14.1. The number of hydrogen-bond donors (Lipinski definition) is 5. The van der Waals surface area contributed by atoms with Crippen molar-refractivity contribution < 1.29 is 15.3 Å². The fourth-order valence-electron chi connectivity index (χ4n) is 2.87. The smallest absolute Gasteiger partial charge is 0.130 e. The highest BCUT2D eigenvalue weighted by molar-refractivity contribution is 5.55. The van der Waals surface area contributed by atoms with Gasteiger partial charge in [0.15, 0.2) is 0 Å². The van der Waals surface area contributed by atoms with Crippen molar-refractivity contribution in [2.75, 3.05) is 27.8 Å². The molecular weight excluding hydrogens is 332 g/mol. The average Bonchev–Trinajstić information content (AvgIpc) is 2.58. The van der Waals surface area contributed by atoms with Gasteiger partial charge in [0, 0.05) is 35.7 Å². The number of nitrogens with two attached hydrogens (primary N) is 2. The van der Waals surface area contributed by atoms with E-state index in [0.717, 1.165) is 5.69 Å². The van der Waals surface area contributed by atoms with E-state index in [0.29, 0.717) is 30.0 Å². The number of rotatable bonds is 8. The van der Waals surface area contributed by atoms with Crippen LogP contribution in [0.2, 0.25) is 0 Å². The monoisotopic (exact) mass is 360 g/mol. The molecule has 0 aliphatic carbocycles. The summed E-state index contributed by atoms with van der Waals surface area (Å²) in [6, 6.07) is 14.1. The maximum absolute atomic E-state index is 10.6. The Balaban J connectivity index is 2.10. The zero-order chi connectivity index (χ0) is 19.3. The zero-order valence-electron chi connectivity index (χ0n) is 15.2. The van der Waals surface area contributed by atoms with Crippen molar-refractivity contribution in [1.82, 2.24) is 0 Å². The first-order chi connectivity index (χ1) is 12.3. The van der Waals surface area contributed by atoms with Crippen molar-refractivity contribution in [2.45, 2.75) is 39.0 Å². The largest absolute Gasteiger partial charge is 0.399 e. The molecule has 0 radical (unpaired) electrons. The summed E-state index contributed by atoms with van der Waals surface area (Å²) >= 11 is 0. The minimum Gasteiger partial charge on any atom is -0.399 e. The highest BCUT2D eigenvalue weighted by Gasteiger charge is 2.22. The molecule has 0 saturated heterocycles. The van der Waals surface area contributed by atoms with Crippen molar-refractivity contribution in [3.8, 4) is 0 Å². The van der Waals surface area contributed by atoms with Crippen LogP contribution in [-0.2, 0) is 0 Å². The van der Waals surface area contributed by atoms with Gasteiger partial charge in [0.25, 0.3) is 0 Å². The molecule has 3 unspecified atom stereocenters. The molecule has 0 amide bonds. The molecule has 0 aliphatic heterocycles. The van der Waals surface area contributed by atoms with Crippen LogP contribution in [-0.4, -0.2) is 40.5 Å². The van der Waals surface area contributed by atoms with E-state index in [2.05, 4.69) is 0 Å². The molecule has 2 aromatic rings. The Bertz CT molecular complexity index is 674. The molecule has 0 bridgehead atoms. The van der Waals surface area contributed by atoms with Crippen molar-refractivity contribution in [2.24, 2.45) is 0 Å². The molecule has 26 heavy (non-hydrogen) atoms. The van der Waals surface area contributed by atoms with E-state index in [-0.39, 0.29) is 0 Å². The van der Waals surface area contributed by atoms with Crippen molar-refractivity contribution in [3.05, 3.63) is 48.5 Å². The molecular formula is C19H28N4O3. The second-order valence-electron chi connectivity index (χ2n) is 6.32. The Morgan fingerprint density at radius 3 is 1.65 bits per heavy atom. The third-order valence-corrected chi connectivity index (χ3v) is 4.22. The van der Waals surface area contributed by atoms with Crippen molar-refractivity contribution >= 4 is 22.7 Å². The summed E-state index contributed by atoms with van der Waals surface area (Å²) in [5, 5.41) is 30.8. The normalized spacial score (nSPS) is 14.5. The lowest BCUT2D eigenvalue weighted by Gasteiger charge is -2.35. The van der Waals surface area contributed by atoms with E-state index in [4.69, 9.17) is 11.5 Å². The summed E-state index contributed by atoms with van der Waals surface area (Å²) in [6.45, 7) is 3.64. The lowest BCUT2D eigenvalue weighted by Crippen LogP contribution is -2.45. The van der Waals surface area contributed by atoms with Gasteiger partial charge in [0.05, 0.1) is 0 Å². The van der Waals surface area contributed by atoms with Crippen molar-refractivity contribution in [1.29, 1.82) is 0 Å². The molecule has 0 heterocycles. The summed E-state index contributed by atoms with van der Waals surface area (Å²) < 4.78 is 0. The molecule has 0 aliphatic rings. The van der Waals surface area contributed by atoms with Crippen LogP contribution in [0.1, 0.15) is 20.3 Å². The number of anilines is 4. The van der Waals surface area contributed by atoms with Gasteiger partial charge in [-0.2, -0.15) is 0 Å². The lowest BCUT2D eigenvalue weighted by atomic mass is 10.2. The zero-order valence-corrected chi connectivity index (χ0v) is 15.2. The maximum atomic E-state index is 10.6. The standard InChI is InChI=1S/C19H28N4O3/c1-13(24)22(17-7-3-15(20)4-8-17)12-11-19(26)23(14(2)25)18-9-5-16(21)6-10-18/h3-10,13-14,19,24-26H,11-12,20-21H2,1-2H3. The topological polar surface area (TPSA) is 119 Å². The van der Waals surface area contributed by atoms with Crippen molar-refractivity contribution in [3.63, 3.8) is 0 Å². The second-order valence-corrected chi connectivity index (χ2v) is 6.32. The van der Waals surface area contributed by atoms with Gasteiger partial charge < -0.3 is 36.6 Å². The molecule has 7 N–H and O–H groups in total. The molecule has 7 heteroatoms. The predicted molar refractivity (Wildman–Crippen MR) is 106 cm³/mol. The quantitative estimate of drug-likeness (QED) is 0.358. The summed E-state index contributed by atoms with van der Waals surface area (Å²) in [4.78, 5) is 3.26. The van der Waals surface area contributed by atoms with Gasteiger partial charge in [-0.05, 0) is 62.4 Å². The van der Waals surface area contributed by atoms with Gasteiger partial charge >= 0.3 is 0 Å². The summed E-state index contributed by atoms with van der Waals surface area (Å²) in [6.07, 6.45) is -2.24. The Morgan fingerprint density at radius 1 is 0.769 bits per heavy atom. The van der Waals surface area contributed by atoms with Crippen LogP contribution >= 0.6 is 0 Å². The van der Waals surface area contributed by atoms with E-state index < -0.39 is 18.7 Å². The fourth-order valence-corrected chi connectivity index (χ4v) is 2.87. The Kier molecular flexibility index (Phi) is 6.68. The number of hydrogen-bond acceptors (Lipinski definition) is 7. The minimum atomic E-state index is -0.936. The predicted octanol–water partition coefficient (Wildman–Crippen LogP) is 1.55. The first-order valence-corrected chi connectivity index (χ1v) is 8.60. The van der Waals surface area contributed by atoms with Gasteiger partial charge in [-0.15, -0.1) is 0 Å². The van der Waals surface area contributed by atoms with Crippen LogP contribution in [0.4, 0.5) is 22.7 Å². The van der Waals surface area contributed by atoms with Gasteiger partial charge in [-0.25, -0.2) is 0 Å². The number of nitrogen functional groups attached to an aromatic ring is 2. The average molecular weight is 360 g/mol. The summed E-state index contributed by atoms with van der Waals surface area (Å²) in [5.74, 6) is 0. The molecule has 142 valence electrons. The minimum absolute atomic E-state index is 0.310. The van der Waals surface area contributed by atoms with E-state index in [1.54, 1.807) is 55.1 Å². The molecule has 0 fully saturated rings. The number of aliphatic hydroxyl groups is 3. The Hall–Kier alpha value is -2.48. The maximum Gasteiger partial charge on any atom is 0.130 e. The number of aliphatic hydroxyl groups excluding tert-OH is 3. The summed E-state index contributed by atoms with van der Waals surface area (Å²) in [7, 11) is 0. The van der Waals surface area contributed by atoms with Gasteiger partial charge in [-0.1, -0.05) is 0 Å². The first kappa shape index (κ1) is 19.8. The third kappa shape index (κ3) is 5.01. The van der Waals surface area contributed by atoms with E-state index >= 15 is 0 Å². The van der Waals surface area contributed by atoms with E-state index in [9.17, 15) is 15.3 Å². The number of benzene rings is 2. The molecule has 3 atom stereocenters. The van der Waals surface area contributed by atoms with Crippen LogP contribution in [0.5, 0.6) is 0 Å². The molecule has 0 spiro atoms. The van der Waals surface area contributed by atoms with Gasteiger partial charge in [0.2, 0.25) is 0 Å². The Labute approximate surface area is 154 Å². The SMILES string of the molecule is CC(O)N(CCC(O)N(c1ccc(N)cc1)C(C)O)c1ccc(N)cc1. The molecule has 7 nitrogen and oxygen atoms in total. The Morgan fingerprint density at radius 2 is 1.23 bits per heavy atom. The van der Waals surface area contributed by atoms with Crippen LogP contribution < -0.4 is 21.3 Å². The second kappa shape index (κ2) is 8.75. The first-order valence-electron chi connectivity index (χ1n) is 8.60. The van der Waals surface area contributed by atoms with Crippen LogP contribution in [0.3, 0.4) is 0 Å². The molecule has 2 rings (SSSR count). The van der Waals surface area contributed by atoms with E-state index in [1.807, 2.05) is 12.1 Å². The number of nitrogens with zero attached hydrogens (tertiary/aromatic N) is 2. The van der Waals surface area contributed by atoms with Gasteiger partial charge in [-0.3, -0.25) is 0 Å².